The Morgan fingerprint density at radius 3 is 2.20 bits per heavy atom. The second kappa shape index (κ2) is 8.75. The maximum Gasteiger partial charge on any atom is 0.306 e. The van der Waals surface area contributed by atoms with Gasteiger partial charge in [0.1, 0.15) is 0 Å². The molecule has 0 aromatic heterocycles. The molecule has 1 unspecified atom stereocenters. The zero-order valence-electron chi connectivity index (χ0n) is 10.5. The first-order chi connectivity index (χ1) is 7.13. The first-order valence-electron chi connectivity index (χ1n) is 6.36. The van der Waals surface area contributed by atoms with Crippen molar-refractivity contribution >= 4 is 5.97 Å². The van der Waals surface area contributed by atoms with Crippen LogP contribution in [0.3, 0.4) is 0 Å². The molecule has 0 fully saturated rings. The molecule has 0 heterocycles. The van der Waals surface area contributed by atoms with Gasteiger partial charge in [-0.05, 0) is 18.8 Å². The Labute approximate surface area is 94.1 Å². The summed E-state index contributed by atoms with van der Waals surface area (Å²) < 4.78 is 0. The summed E-state index contributed by atoms with van der Waals surface area (Å²) in [6.45, 7) is 6.18. The Kier molecular flexibility index (Phi) is 8.44. The largest absolute Gasteiger partial charge is 0.481 e. The van der Waals surface area contributed by atoms with E-state index in [2.05, 4.69) is 13.8 Å². The van der Waals surface area contributed by atoms with E-state index in [9.17, 15) is 4.79 Å². The average Bonchev–Trinajstić information content (AvgIpc) is 2.21. The van der Waals surface area contributed by atoms with Crippen molar-refractivity contribution in [3.8, 4) is 0 Å². The van der Waals surface area contributed by atoms with Crippen LogP contribution in [0.2, 0.25) is 0 Å². The van der Waals surface area contributed by atoms with Crippen LogP contribution in [0.15, 0.2) is 0 Å². The summed E-state index contributed by atoms with van der Waals surface area (Å²) in [6.07, 6.45) is 8.20. The van der Waals surface area contributed by atoms with Crippen molar-refractivity contribution in [2.45, 2.75) is 65.7 Å². The summed E-state index contributed by atoms with van der Waals surface area (Å²) in [4.78, 5) is 10.9. The van der Waals surface area contributed by atoms with E-state index in [1.807, 2.05) is 6.92 Å². The molecule has 15 heavy (non-hydrogen) atoms. The molecule has 0 rings (SSSR count). The van der Waals surface area contributed by atoms with Crippen molar-refractivity contribution in [1.82, 2.24) is 0 Å². The number of aliphatic carboxylic acids is 1. The van der Waals surface area contributed by atoms with Crippen molar-refractivity contribution in [3.05, 3.63) is 0 Å². The van der Waals surface area contributed by atoms with Gasteiger partial charge in [0.15, 0.2) is 0 Å². The van der Waals surface area contributed by atoms with E-state index >= 15 is 0 Å². The van der Waals surface area contributed by atoms with Crippen LogP contribution < -0.4 is 0 Å². The van der Waals surface area contributed by atoms with Gasteiger partial charge in [0, 0.05) is 0 Å². The van der Waals surface area contributed by atoms with Gasteiger partial charge in [-0.1, -0.05) is 52.9 Å². The molecule has 0 amide bonds. The van der Waals surface area contributed by atoms with Crippen molar-refractivity contribution in [3.63, 3.8) is 0 Å². The third-order valence-corrected chi connectivity index (χ3v) is 3.18. The molecule has 1 N–H and O–H groups in total. The molecule has 0 spiro atoms. The number of rotatable bonds is 9. The summed E-state index contributed by atoms with van der Waals surface area (Å²) in [6, 6.07) is 0. The fourth-order valence-corrected chi connectivity index (χ4v) is 2.05. The van der Waals surface area contributed by atoms with Crippen molar-refractivity contribution < 1.29 is 9.90 Å². The van der Waals surface area contributed by atoms with Crippen LogP contribution in [0.4, 0.5) is 0 Å². The molecule has 0 bridgehead atoms. The molecule has 2 atom stereocenters. The quantitative estimate of drug-likeness (QED) is 0.587. The van der Waals surface area contributed by atoms with Gasteiger partial charge in [-0.3, -0.25) is 4.79 Å². The van der Waals surface area contributed by atoms with Crippen LogP contribution in [0.5, 0.6) is 0 Å². The van der Waals surface area contributed by atoms with Crippen LogP contribution in [0, 0.1) is 11.8 Å². The summed E-state index contributed by atoms with van der Waals surface area (Å²) in [5.74, 6) is -0.431. The summed E-state index contributed by atoms with van der Waals surface area (Å²) in [7, 11) is 0. The van der Waals surface area contributed by atoms with E-state index in [0.29, 0.717) is 5.92 Å². The fourth-order valence-electron chi connectivity index (χ4n) is 2.05. The van der Waals surface area contributed by atoms with Gasteiger partial charge in [-0.25, -0.2) is 0 Å². The lowest BCUT2D eigenvalue weighted by atomic mass is 9.85. The van der Waals surface area contributed by atoms with Crippen LogP contribution in [-0.2, 0) is 4.79 Å². The predicted octanol–water partition coefficient (Wildman–Crippen LogP) is 4.09. The van der Waals surface area contributed by atoms with E-state index < -0.39 is 5.97 Å². The molecular weight excluding hydrogens is 188 g/mol. The normalized spacial score (nSPS) is 14.9. The molecule has 0 saturated heterocycles. The second-order valence-corrected chi connectivity index (χ2v) is 4.53. The minimum Gasteiger partial charge on any atom is -0.481 e. The molecule has 0 aromatic carbocycles. The van der Waals surface area contributed by atoms with E-state index in [1.54, 1.807) is 0 Å². The Morgan fingerprint density at radius 2 is 1.73 bits per heavy atom. The first kappa shape index (κ1) is 14.5. The van der Waals surface area contributed by atoms with Gasteiger partial charge >= 0.3 is 5.97 Å². The molecule has 0 aliphatic heterocycles. The fraction of sp³-hybridized carbons (Fsp3) is 0.923. The minimum absolute atomic E-state index is 0.174. The van der Waals surface area contributed by atoms with Gasteiger partial charge in [0.25, 0.3) is 0 Å². The molecule has 0 saturated carbocycles. The van der Waals surface area contributed by atoms with Gasteiger partial charge in [0.05, 0.1) is 5.92 Å². The molecule has 0 radical (unpaired) electrons. The lowest BCUT2D eigenvalue weighted by Gasteiger charge is -2.20. The maximum atomic E-state index is 10.9. The second-order valence-electron chi connectivity index (χ2n) is 4.53. The highest BCUT2D eigenvalue weighted by Crippen LogP contribution is 2.24. The number of hydrogen-bond donors (Lipinski definition) is 1. The number of carboxylic acids is 1. The highest BCUT2D eigenvalue weighted by atomic mass is 16.4. The Bertz CT molecular complexity index is 166. The number of carbonyl (C=O) groups is 1. The smallest absolute Gasteiger partial charge is 0.306 e. The predicted molar refractivity (Wildman–Crippen MR) is 64.0 cm³/mol. The molecule has 0 aliphatic carbocycles. The third kappa shape index (κ3) is 6.53. The molecule has 90 valence electrons. The Morgan fingerprint density at radius 1 is 1.07 bits per heavy atom. The maximum absolute atomic E-state index is 10.9. The highest BCUT2D eigenvalue weighted by Gasteiger charge is 2.21. The van der Waals surface area contributed by atoms with Crippen LogP contribution in [0.1, 0.15) is 65.7 Å². The minimum atomic E-state index is -0.635. The SMILES string of the molecule is CCCCCC[C@@H](CCC)C(C)C(=O)O. The lowest BCUT2D eigenvalue weighted by Crippen LogP contribution is -2.20. The molecule has 2 nitrogen and oxygen atoms in total. The summed E-state index contributed by atoms with van der Waals surface area (Å²) in [5, 5.41) is 8.98. The first-order valence-corrected chi connectivity index (χ1v) is 6.36. The molecule has 0 aromatic rings. The zero-order chi connectivity index (χ0) is 11.7. The Balaban J connectivity index is 3.87. The van der Waals surface area contributed by atoms with E-state index in [0.717, 1.165) is 19.3 Å². The number of hydrogen-bond acceptors (Lipinski definition) is 1. The van der Waals surface area contributed by atoms with Crippen molar-refractivity contribution in [2.75, 3.05) is 0 Å². The van der Waals surface area contributed by atoms with E-state index in [1.165, 1.54) is 25.7 Å². The summed E-state index contributed by atoms with van der Waals surface area (Å²) in [5.41, 5.74) is 0. The topological polar surface area (TPSA) is 37.3 Å². The zero-order valence-corrected chi connectivity index (χ0v) is 10.5. The van der Waals surface area contributed by atoms with Gasteiger partial charge in [-0.15, -0.1) is 0 Å². The monoisotopic (exact) mass is 214 g/mol. The van der Waals surface area contributed by atoms with Gasteiger partial charge < -0.3 is 5.11 Å². The standard InChI is InChI=1S/C13H26O2/c1-4-6-7-8-10-12(9-5-2)11(3)13(14)15/h11-12H,4-10H2,1-3H3,(H,14,15)/t11?,12-/m1/s1. The van der Waals surface area contributed by atoms with E-state index in [-0.39, 0.29) is 5.92 Å². The third-order valence-electron chi connectivity index (χ3n) is 3.18. The molecule has 2 heteroatoms. The summed E-state index contributed by atoms with van der Waals surface area (Å²) >= 11 is 0. The van der Waals surface area contributed by atoms with Crippen LogP contribution >= 0.6 is 0 Å². The van der Waals surface area contributed by atoms with Crippen molar-refractivity contribution in [1.29, 1.82) is 0 Å². The highest BCUT2D eigenvalue weighted by molar-refractivity contribution is 5.69. The molecular formula is C13H26O2. The van der Waals surface area contributed by atoms with Gasteiger partial charge in [0.2, 0.25) is 0 Å². The van der Waals surface area contributed by atoms with Crippen LogP contribution in [0.25, 0.3) is 0 Å². The average molecular weight is 214 g/mol. The van der Waals surface area contributed by atoms with E-state index in [4.69, 9.17) is 5.11 Å². The van der Waals surface area contributed by atoms with Crippen LogP contribution in [-0.4, -0.2) is 11.1 Å². The lowest BCUT2D eigenvalue weighted by molar-refractivity contribution is -0.143. The Hall–Kier alpha value is -0.530. The van der Waals surface area contributed by atoms with Gasteiger partial charge in [-0.2, -0.15) is 0 Å². The molecule has 0 aliphatic rings. The van der Waals surface area contributed by atoms with Crippen molar-refractivity contribution in [2.24, 2.45) is 11.8 Å². The number of carboxylic acid groups (broad SMARTS) is 1. The number of unbranched alkanes of at least 4 members (excludes halogenated alkanes) is 3.